The van der Waals surface area contributed by atoms with Crippen LogP contribution in [0.4, 0.5) is 0 Å². The maximum absolute atomic E-state index is 11.7. The summed E-state index contributed by atoms with van der Waals surface area (Å²) in [5, 5.41) is 0. The summed E-state index contributed by atoms with van der Waals surface area (Å²) in [6.07, 6.45) is 1.76. The van der Waals surface area contributed by atoms with Crippen molar-refractivity contribution in [2.24, 2.45) is 0 Å². The Labute approximate surface area is 146 Å². The number of rotatable bonds is 5. The first-order valence-corrected chi connectivity index (χ1v) is 12.5. The average molecular weight is 373 g/mol. The van der Waals surface area contributed by atoms with Crippen LogP contribution in [0.1, 0.15) is 6.92 Å². The molecule has 0 aliphatic heterocycles. The fraction of sp³-hybridized carbons (Fsp3) is 0.0455. The van der Waals surface area contributed by atoms with E-state index < -0.39 is 13.3 Å². The zero-order chi connectivity index (χ0) is 16.8. The Morgan fingerprint density at radius 2 is 1.00 bits per heavy atom. The minimum absolute atomic E-state index is 0.0905. The molecule has 3 aromatic rings. The van der Waals surface area contributed by atoms with Gasteiger partial charge in [0.15, 0.2) is 0 Å². The van der Waals surface area contributed by atoms with Crippen LogP contribution < -0.4 is 13.2 Å². The molecule has 0 spiro atoms. The Balaban J connectivity index is 2.35. The van der Waals surface area contributed by atoms with E-state index in [4.69, 9.17) is 0 Å². The van der Waals surface area contributed by atoms with Gasteiger partial charge in [-0.2, -0.15) is 0 Å². The predicted octanol–water partition coefficient (Wildman–Crippen LogP) is 2.84. The van der Waals surface area contributed by atoms with Gasteiger partial charge in [-0.3, -0.25) is 0 Å². The van der Waals surface area contributed by atoms with Crippen LogP contribution >= 0.6 is 0 Å². The van der Waals surface area contributed by atoms with Gasteiger partial charge in [0.1, 0.15) is 0 Å². The third-order valence-corrected chi connectivity index (χ3v) is 13.5. The Morgan fingerprint density at radius 1 is 0.667 bits per heavy atom. The Kier molecular flexibility index (Phi) is 5.12. The van der Waals surface area contributed by atoms with Gasteiger partial charge in [-0.1, -0.05) is 0 Å². The first kappa shape index (κ1) is 16.5. The molecule has 0 aliphatic rings. The van der Waals surface area contributed by atoms with E-state index in [2.05, 4.69) is 77.7 Å². The van der Waals surface area contributed by atoms with E-state index in [1.807, 2.05) is 18.2 Å². The Bertz CT molecular complexity index is 727. The molecule has 2 heteroatoms. The van der Waals surface area contributed by atoms with Crippen molar-refractivity contribution in [2.75, 3.05) is 0 Å². The van der Waals surface area contributed by atoms with Crippen molar-refractivity contribution in [3.63, 3.8) is 0 Å². The van der Waals surface area contributed by atoms with Gasteiger partial charge in [-0.15, -0.1) is 0 Å². The molecule has 3 aromatic carbocycles. The summed E-state index contributed by atoms with van der Waals surface area (Å²) in [6, 6.07) is 31.8. The van der Waals surface area contributed by atoms with E-state index in [9.17, 15) is 4.79 Å². The van der Waals surface area contributed by atoms with E-state index in [0.717, 1.165) is 0 Å². The van der Waals surface area contributed by atoms with Crippen LogP contribution in [0.15, 0.2) is 102 Å². The monoisotopic (exact) mass is 374 g/mol. The Hall–Kier alpha value is -2.39. The molecule has 0 aliphatic carbocycles. The second kappa shape index (κ2) is 7.45. The van der Waals surface area contributed by atoms with Gasteiger partial charge < -0.3 is 0 Å². The summed E-state index contributed by atoms with van der Waals surface area (Å²) < 4.78 is 3.98. The van der Waals surface area contributed by atoms with Crippen molar-refractivity contribution < 1.29 is 4.79 Å². The molecular weight excluding hydrogens is 353 g/mol. The summed E-state index contributed by atoms with van der Waals surface area (Å²) in [7, 11) is 0. The van der Waals surface area contributed by atoms with E-state index in [0.29, 0.717) is 0 Å². The zero-order valence-corrected chi connectivity index (χ0v) is 15.8. The van der Waals surface area contributed by atoms with Crippen LogP contribution in [0.5, 0.6) is 0 Å². The molecular formula is C22H20GeO. The van der Waals surface area contributed by atoms with Crippen molar-refractivity contribution in [3.05, 3.63) is 102 Å². The summed E-state index contributed by atoms with van der Waals surface area (Å²) in [6.45, 7) is 1.62. The summed E-state index contributed by atoms with van der Waals surface area (Å²) >= 11 is -3.05. The van der Waals surface area contributed by atoms with Crippen molar-refractivity contribution in [2.45, 2.75) is 6.92 Å². The molecule has 0 saturated carbocycles. The van der Waals surface area contributed by atoms with Crippen LogP contribution in [-0.2, 0) is 4.79 Å². The van der Waals surface area contributed by atoms with Gasteiger partial charge in [0.25, 0.3) is 0 Å². The molecule has 0 radical (unpaired) electrons. The standard InChI is InChI=1S/C22H20GeO/c1-19(24)17-18-23(20-11-5-2-6-12-20,21-13-7-3-8-14-21)22-15-9-4-10-16-22/h2-18H,1H3/b18-17+. The molecule has 0 bridgehead atoms. The number of carbonyl (C=O) groups is 1. The third kappa shape index (κ3) is 3.27. The molecule has 0 heterocycles. The van der Waals surface area contributed by atoms with Crippen molar-refractivity contribution in [1.29, 1.82) is 0 Å². The van der Waals surface area contributed by atoms with Crippen LogP contribution in [0.3, 0.4) is 0 Å². The minimum atomic E-state index is -3.05. The molecule has 0 atom stereocenters. The van der Waals surface area contributed by atoms with Gasteiger partial charge >= 0.3 is 146 Å². The van der Waals surface area contributed by atoms with Crippen molar-refractivity contribution >= 4 is 32.2 Å². The van der Waals surface area contributed by atoms with E-state index in [-0.39, 0.29) is 5.78 Å². The molecule has 0 aromatic heterocycles. The van der Waals surface area contributed by atoms with E-state index in [1.54, 1.807) is 13.0 Å². The molecule has 24 heavy (non-hydrogen) atoms. The quantitative estimate of drug-likeness (QED) is 0.497. The predicted molar refractivity (Wildman–Crippen MR) is 104 cm³/mol. The number of hydrogen-bond donors (Lipinski definition) is 0. The number of benzene rings is 3. The Morgan fingerprint density at radius 3 is 1.29 bits per heavy atom. The summed E-state index contributed by atoms with van der Waals surface area (Å²) in [5.41, 5.74) is 0. The molecule has 3 rings (SSSR count). The van der Waals surface area contributed by atoms with Crippen molar-refractivity contribution in [1.82, 2.24) is 0 Å². The summed E-state index contributed by atoms with van der Waals surface area (Å²) in [5.74, 6) is 0.0905. The molecule has 118 valence electrons. The topological polar surface area (TPSA) is 17.1 Å². The van der Waals surface area contributed by atoms with E-state index >= 15 is 0 Å². The van der Waals surface area contributed by atoms with Gasteiger partial charge in [0.05, 0.1) is 0 Å². The fourth-order valence-corrected chi connectivity index (χ4v) is 12.0. The molecule has 0 N–H and O–H groups in total. The molecule has 0 fully saturated rings. The number of hydrogen-bond acceptors (Lipinski definition) is 1. The van der Waals surface area contributed by atoms with Gasteiger partial charge in [-0.25, -0.2) is 0 Å². The van der Waals surface area contributed by atoms with Gasteiger partial charge in [0, 0.05) is 0 Å². The average Bonchev–Trinajstić information content (AvgIpc) is 2.65. The van der Waals surface area contributed by atoms with Crippen molar-refractivity contribution in [3.8, 4) is 0 Å². The van der Waals surface area contributed by atoms with Crippen LogP contribution in [0.2, 0.25) is 0 Å². The normalized spacial score (nSPS) is 11.5. The molecule has 0 saturated heterocycles. The van der Waals surface area contributed by atoms with Crippen LogP contribution in [-0.4, -0.2) is 19.0 Å². The van der Waals surface area contributed by atoms with Gasteiger partial charge in [0.2, 0.25) is 0 Å². The molecule has 1 nitrogen and oxygen atoms in total. The fourth-order valence-electron chi connectivity index (χ4n) is 3.13. The van der Waals surface area contributed by atoms with Gasteiger partial charge in [-0.05, 0) is 0 Å². The maximum atomic E-state index is 11.7. The SMILES string of the molecule is CC(=O)/C=[CH]/[Ge]([c]1ccccc1)([c]1ccccc1)[c]1ccccc1. The van der Waals surface area contributed by atoms with Crippen LogP contribution in [0, 0.1) is 0 Å². The third-order valence-electron chi connectivity index (χ3n) is 4.26. The van der Waals surface area contributed by atoms with E-state index in [1.165, 1.54) is 13.2 Å². The number of allylic oxidation sites excluding steroid dienone is 1. The zero-order valence-electron chi connectivity index (χ0n) is 13.7. The second-order valence-corrected chi connectivity index (χ2v) is 13.6. The first-order valence-electron chi connectivity index (χ1n) is 8.10. The first-order chi connectivity index (χ1) is 11.7. The molecule has 0 unspecified atom stereocenters. The number of ketones is 1. The summed E-state index contributed by atoms with van der Waals surface area (Å²) in [4.78, 5) is 13.9. The number of carbonyl (C=O) groups excluding carboxylic acids is 1. The molecule has 0 amide bonds. The second-order valence-electron chi connectivity index (χ2n) is 5.85. The van der Waals surface area contributed by atoms with Crippen LogP contribution in [0.25, 0.3) is 0 Å².